The Morgan fingerprint density at radius 1 is 1.07 bits per heavy atom. The van der Waals surface area contributed by atoms with Crippen molar-refractivity contribution in [2.45, 2.75) is 43.9 Å². The van der Waals surface area contributed by atoms with E-state index >= 15 is 0 Å². The lowest BCUT2D eigenvalue weighted by Gasteiger charge is -2.40. The van der Waals surface area contributed by atoms with Crippen molar-refractivity contribution in [2.75, 3.05) is 6.61 Å². The molecule has 1 fully saturated rings. The van der Waals surface area contributed by atoms with Crippen molar-refractivity contribution in [3.63, 3.8) is 0 Å². The molecule has 1 heterocycles. The largest absolute Gasteiger partial charge is 0.394 e. The summed E-state index contributed by atoms with van der Waals surface area (Å²) < 4.78 is 5.62. The number of rotatable bonds is 5. The molecule has 0 radical (unpaired) electrons. The van der Waals surface area contributed by atoms with Crippen molar-refractivity contribution in [3.8, 4) is 6.07 Å². The molecule has 7 heteroatoms. The van der Waals surface area contributed by atoms with Gasteiger partial charge in [0.1, 0.15) is 30.5 Å². The molecule has 29 heavy (non-hydrogen) atoms. The van der Waals surface area contributed by atoms with Crippen LogP contribution in [-0.2, 0) is 11.2 Å². The molecular formula is C22H24N2O5. The first-order valence-corrected chi connectivity index (χ1v) is 9.33. The maximum absolute atomic E-state index is 10.4. The van der Waals surface area contributed by atoms with Crippen LogP contribution in [0.25, 0.3) is 0 Å². The maximum Gasteiger partial charge on any atom is 0.113 e. The topological polar surface area (TPSA) is 138 Å². The minimum absolute atomic E-state index is 0.464. The molecular weight excluding hydrogens is 372 g/mol. The second-order valence-electron chi connectivity index (χ2n) is 7.28. The highest BCUT2D eigenvalue weighted by molar-refractivity contribution is 5.96. The van der Waals surface area contributed by atoms with Gasteiger partial charge in [0.25, 0.3) is 0 Å². The van der Waals surface area contributed by atoms with E-state index in [2.05, 4.69) is 6.07 Å². The molecule has 1 aliphatic rings. The normalized spacial score (nSPS) is 26.7. The third-order valence-corrected chi connectivity index (χ3v) is 5.25. The SMILES string of the molecule is CC(=N)c1ccc(Cc2cc([C@@H]3O[C@H](CO)[C@@H](O)[C@H](O)[C@H]3O)ccc2C#N)cc1. The first kappa shape index (κ1) is 21.1. The van der Waals surface area contributed by atoms with Gasteiger partial charge in [0, 0.05) is 5.71 Å². The molecule has 2 aromatic carbocycles. The van der Waals surface area contributed by atoms with E-state index in [1.165, 1.54) is 0 Å². The van der Waals surface area contributed by atoms with Crippen molar-refractivity contribution in [1.29, 1.82) is 10.7 Å². The van der Waals surface area contributed by atoms with Gasteiger partial charge in [-0.2, -0.15) is 5.26 Å². The summed E-state index contributed by atoms with van der Waals surface area (Å²) in [5.41, 5.74) is 4.00. The molecule has 0 amide bonds. The van der Waals surface area contributed by atoms with E-state index in [0.29, 0.717) is 23.3 Å². The smallest absolute Gasteiger partial charge is 0.113 e. The van der Waals surface area contributed by atoms with Gasteiger partial charge in [0.2, 0.25) is 0 Å². The second kappa shape index (κ2) is 8.82. The van der Waals surface area contributed by atoms with E-state index in [9.17, 15) is 25.7 Å². The Morgan fingerprint density at radius 2 is 1.76 bits per heavy atom. The summed E-state index contributed by atoms with van der Waals surface area (Å²) in [6.07, 6.45) is -5.72. The molecule has 3 rings (SSSR count). The summed E-state index contributed by atoms with van der Waals surface area (Å²) in [7, 11) is 0. The van der Waals surface area contributed by atoms with Gasteiger partial charge in [-0.25, -0.2) is 0 Å². The molecule has 0 saturated carbocycles. The molecule has 1 saturated heterocycles. The number of nitriles is 1. The molecule has 0 unspecified atom stereocenters. The van der Waals surface area contributed by atoms with Crippen LogP contribution in [0.3, 0.4) is 0 Å². The Morgan fingerprint density at radius 3 is 2.34 bits per heavy atom. The van der Waals surface area contributed by atoms with Crippen LogP contribution in [0.15, 0.2) is 42.5 Å². The molecule has 152 valence electrons. The number of aliphatic hydroxyl groups excluding tert-OH is 4. The van der Waals surface area contributed by atoms with Gasteiger partial charge in [-0.1, -0.05) is 36.4 Å². The molecule has 2 aromatic rings. The van der Waals surface area contributed by atoms with Crippen molar-refractivity contribution < 1.29 is 25.2 Å². The zero-order valence-corrected chi connectivity index (χ0v) is 16.0. The highest BCUT2D eigenvalue weighted by atomic mass is 16.5. The monoisotopic (exact) mass is 396 g/mol. The van der Waals surface area contributed by atoms with E-state index in [1.54, 1.807) is 25.1 Å². The van der Waals surface area contributed by atoms with E-state index < -0.39 is 37.1 Å². The van der Waals surface area contributed by atoms with Crippen LogP contribution >= 0.6 is 0 Å². The predicted molar refractivity (Wildman–Crippen MR) is 106 cm³/mol. The summed E-state index contributed by atoms with van der Waals surface area (Å²) in [5.74, 6) is 0. The molecule has 0 aliphatic carbocycles. The lowest BCUT2D eigenvalue weighted by atomic mass is 9.89. The fourth-order valence-corrected chi connectivity index (χ4v) is 3.52. The lowest BCUT2D eigenvalue weighted by Crippen LogP contribution is -2.55. The number of aliphatic hydroxyl groups is 4. The van der Waals surface area contributed by atoms with E-state index in [1.807, 2.05) is 24.3 Å². The molecule has 0 aromatic heterocycles. The van der Waals surface area contributed by atoms with Crippen LogP contribution in [-0.4, -0.2) is 57.2 Å². The fraction of sp³-hybridized carbons (Fsp3) is 0.364. The Bertz CT molecular complexity index is 920. The molecule has 1 aliphatic heterocycles. The minimum atomic E-state index is -1.46. The van der Waals surface area contributed by atoms with E-state index in [0.717, 1.165) is 16.7 Å². The number of nitrogens with one attached hydrogen (secondary N) is 1. The summed E-state index contributed by atoms with van der Waals surface area (Å²) in [6, 6.07) is 14.7. The average molecular weight is 396 g/mol. The third-order valence-electron chi connectivity index (χ3n) is 5.25. The van der Waals surface area contributed by atoms with E-state index in [4.69, 9.17) is 10.1 Å². The maximum atomic E-state index is 10.4. The third kappa shape index (κ3) is 4.37. The first-order valence-electron chi connectivity index (χ1n) is 9.33. The van der Waals surface area contributed by atoms with Gasteiger partial charge in [-0.05, 0) is 41.7 Å². The fourth-order valence-electron chi connectivity index (χ4n) is 3.52. The Kier molecular flexibility index (Phi) is 6.42. The molecule has 5 N–H and O–H groups in total. The number of benzene rings is 2. The quantitative estimate of drug-likeness (QED) is 0.479. The van der Waals surface area contributed by atoms with Crippen LogP contribution < -0.4 is 0 Å². The predicted octanol–water partition coefficient (Wildman–Crippen LogP) is 1.05. The lowest BCUT2D eigenvalue weighted by molar-refractivity contribution is -0.231. The van der Waals surface area contributed by atoms with Crippen LogP contribution in [0.5, 0.6) is 0 Å². The van der Waals surface area contributed by atoms with Gasteiger partial charge >= 0.3 is 0 Å². The van der Waals surface area contributed by atoms with Crippen molar-refractivity contribution >= 4 is 5.71 Å². The minimum Gasteiger partial charge on any atom is -0.394 e. The van der Waals surface area contributed by atoms with Crippen LogP contribution in [0, 0.1) is 16.7 Å². The molecule has 5 atom stereocenters. The van der Waals surface area contributed by atoms with Crippen molar-refractivity contribution in [2.24, 2.45) is 0 Å². The molecule has 0 spiro atoms. The summed E-state index contributed by atoms with van der Waals surface area (Å²) in [5, 5.41) is 56.9. The van der Waals surface area contributed by atoms with Crippen molar-refractivity contribution in [3.05, 3.63) is 70.3 Å². The second-order valence-corrected chi connectivity index (χ2v) is 7.28. The van der Waals surface area contributed by atoms with Gasteiger partial charge < -0.3 is 30.6 Å². The number of hydrogen-bond donors (Lipinski definition) is 5. The van der Waals surface area contributed by atoms with Crippen LogP contribution in [0.4, 0.5) is 0 Å². The number of nitrogens with zero attached hydrogens (tertiary/aromatic N) is 1. The van der Waals surface area contributed by atoms with Gasteiger partial charge in [0.15, 0.2) is 0 Å². The Labute approximate surface area is 169 Å². The Balaban J connectivity index is 1.90. The zero-order chi connectivity index (χ0) is 21.1. The standard InChI is InChI=1S/C22H24N2O5/c1-12(24)14-4-2-13(3-5-14)8-17-9-15(6-7-16(17)10-23)22-21(28)20(27)19(26)18(11-25)29-22/h2-7,9,18-22,24-28H,8,11H2,1H3/t18-,19-,20+,21-,22+/m1/s1. The van der Waals surface area contributed by atoms with E-state index in [-0.39, 0.29) is 0 Å². The van der Waals surface area contributed by atoms with Crippen molar-refractivity contribution in [1.82, 2.24) is 0 Å². The number of ether oxygens (including phenoxy) is 1. The van der Waals surface area contributed by atoms with Gasteiger partial charge in [0.05, 0.1) is 18.2 Å². The summed E-state index contributed by atoms with van der Waals surface area (Å²) in [6.45, 7) is 1.22. The van der Waals surface area contributed by atoms with Gasteiger partial charge in [-0.15, -0.1) is 0 Å². The zero-order valence-electron chi connectivity index (χ0n) is 16.0. The van der Waals surface area contributed by atoms with Gasteiger partial charge in [-0.3, -0.25) is 0 Å². The summed E-state index contributed by atoms with van der Waals surface area (Å²) in [4.78, 5) is 0. The Hall–Kier alpha value is -2.60. The summed E-state index contributed by atoms with van der Waals surface area (Å²) >= 11 is 0. The number of hydrogen-bond acceptors (Lipinski definition) is 7. The highest BCUT2D eigenvalue weighted by Gasteiger charge is 2.44. The van der Waals surface area contributed by atoms with Crippen LogP contribution in [0.2, 0.25) is 0 Å². The first-order chi connectivity index (χ1) is 13.8. The van der Waals surface area contributed by atoms with Crippen LogP contribution in [0.1, 0.15) is 40.8 Å². The highest BCUT2D eigenvalue weighted by Crippen LogP contribution is 2.33. The average Bonchev–Trinajstić information content (AvgIpc) is 2.72. The molecule has 7 nitrogen and oxygen atoms in total. The molecule has 0 bridgehead atoms.